The van der Waals surface area contributed by atoms with E-state index in [0.29, 0.717) is 19.3 Å². The number of carbonyl (C=O) groups is 3. The highest BCUT2D eigenvalue weighted by molar-refractivity contribution is 5.71. The van der Waals surface area contributed by atoms with E-state index in [1.54, 1.807) is 0 Å². The molecule has 0 spiro atoms. The van der Waals surface area contributed by atoms with Crippen LogP contribution >= 0.6 is 0 Å². The van der Waals surface area contributed by atoms with E-state index < -0.39 is 6.10 Å². The van der Waals surface area contributed by atoms with Gasteiger partial charge in [0.1, 0.15) is 13.2 Å². The summed E-state index contributed by atoms with van der Waals surface area (Å²) in [4.78, 5) is 37.8. The molecule has 0 amide bonds. The molecule has 0 unspecified atom stereocenters. The van der Waals surface area contributed by atoms with E-state index in [2.05, 4.69) is 34.6 Å². The lowest BCUT2D eigenvalue weighted by atomic mass is 10.0. The maximum Gasteiger partial charge on any atom is 0.306 e. The highest BCUT2D eigenvalue weighted by atomic mass is 16.6. The van der Waals surface area contributed by atoms with Crippen LogP contribution in [0.15, 0.2) is 0 Å². The van der Waals surface area contributed by atoms with E-state index in [9.17, 15) is 14.4 Å². The van der Waals surface area contributed by atoms with Crippen molar-refractivity contribution in [2.24, 2.45) is 11.8 Å². The first-order valence-electron chi connectivity index (χ1n) is 24.7. The standard InChI is InChI=1S/C50H96O6/c1-6-7-8-9-10-11-12-15-20-25-30-35-40-48(51)54-43-47(56-50(53)42-37-32-27-22-17-19-24-29-34-39-46(4)5)44-55-49(52)41-36-31-26-21-16-13-14-18-23-28-33-38-45(2)3/h45-47H,6-44H2,1-5H3/t47-/m0/s1. The van der Waals surface area contributed by atoms with E-state index in [0.717, 1.165) is 69.6 Å². The summed E-state index contributed by atoms with van der Waals surface area (Å²) >= 11 is 0. The summed E-state index contributed by atoms with van der Waals surface area (Å²) in [5, 5.41) is 0. The molecule has 0 aromatic rings. The minimum absolute atomic E-state index is 0.0643. The number of ether oxygens (including phenoxy) is 3. The lowest BCUT2D eigenvalue weighted by molar-refractivity contribution is -0.167. The van der Waals surface area contributed by atoms with Crippen LogP contribution in [0.3, 0.4) is 0 Å². The zero-order chi connectivity index (χ0) is 41.2. The average molecular weight is 793 g/mol. The number of hydrogen-bond donors (Lipinski definition) is 0. The molecule has 0 heterocycles. The largest absolute Gasteiger partial charge is 0.462 e. The molecular weight excluding hydrogens is 697 g/mol. The van der Waals surface area contributed by atoms with Gasteiger partial charge in [-0.25, -0.2) is 0 Å². The van der Waals surface area contributed by atoms with Crippen molar-refractivity contribution in [3.8, 4) is 0 Å². The summed E-state index contributed by atoms with van der Waals surface area (Å²) in [6, 6.07) is 0. The highest BCUT2D eigenvalue weighted by Crippen LogP contribution is 2.17. The highest BCUT2D eigenvalue weighted by Gasteiger charge is 2.19. The number of unbranched alkanes of at least 4 members (excludes halogenated alkanes) is 29. The minimum Gasteiger partial charge on any atom is -0.462 e. The molecule has 0 N–H and O–H groups in total. The van der Waals surface area contributed by atoms with Crippen molar-refractivity contribution in [3.63, 3.8) is 0 Å². The Morgan fingerprint density at radius 3 is 0.875 bits per heavy atom. The molecule has 0 saturated carbocycles. The van der Waals surface area contributed by atoms with Crippen LogP contribution in [0.4, 0.5) is 0 Å². The normalized spacial score (nSPS) is 12.1. The van der Waals surface area contributed by atoms with E-state index in [4.69, 9.17) is 14.2 Å². The van der Waals surface area contributed by atoms with Crippen molar-refractivity contribution in [2.45, 2.75) is 278 Å². The molecule has 6 nitrogen and oxygen atoms in total. The number of carbonyl (C=O) groups excluding carboxylic acids is 3. The van der Waals surface area contributed by atoms with Gasteiger partial charge in [-0.2, -0.15) is 0 Å². The Kier molecular flexibility index (Phi) is 41.8. The monoisotopic (exact) mass is 793 g/mol. The van der Waals surface area contributed by atoms with Crippen molar-refractivity contribution in [2.75, 3.05) is 13.2 Å². The molecule has 0 saturated heterocycles. The first-order valence-corrected chi connectivity index (χ1v) is 24.7. The fraction of sp³-hybridized carbons (Fsp3) is 0.940. The van der Waals surface area contributed by atoms with Gasteiger partial charge in [0.2, 0.25) is 0 Å². The van der Waals surface area contributed by atoms with Crippen molar-refractivity contribution in [1.29, 1.82) is 0 Å². The second-order valence-corrected chi connectivity index (χ2v) is 18.1. The van der Waals surface area contributed by atoms with Crippen LogP contribution in [0.25, 0.3) is 0 Å². The van der Waals surface area contributed by atoms with Gasteiger partial charge >= 0.3 is 17.9 Å². The van der Waals surface area contributed by atoms with Crippen LogP contribution in [-0.4, -0.2) is 37.2 Å². The molecule has 0 bridgehead atoms. The summed E-state index contributed by atoms with van der Waals surface area (Å²) in [6.07, 6.45) is 42.3. The molecule has 0 fully saturated rings. The molecule has 0 aliphatic heterocycles. The van der Waals surface area contributed by atoms with E-state index in [-0.39, 0.29) is 31.1 Å². The predicted octanol–water partition coefficient (Wildman–Crippen LogP) is 15.8. The van der Waals surface area contributed by atoms with E-state index in [1.165, 1.54) is 161 Å². The van der Waals surface area contributed by atoms with E-state index in [1.807, 2.05) is 0 Å². The first-order chi connectivity index (χ1) is 27.2. The summed E-state index contributed by atoms with van der Waals surface area (Å²) in [7, 11) is 0. The van der Waals surface area contributed by atoms with Gasteiger partial charge in [-0.15, -0.1) is 0 Å². The van der Waals surface area contributed by atoms with E-state index >= 15 is 0 Å². The molecular formula is C50H96O6. The van der Waals surface area contributed by atoms with Crippen molar-refractivity contribution < 1.29 is 28.6 Å². The van der Waals surface area contributed by atoms with Crippen molar-refractivity contribution >= 4 is 17.9 Å². The van der Waals surface area contributed by atoms with Gasteiger partial charge in [0.05, 0.1) is 0 Å². The average Bonchev–Trinajstić information content (AvgIpc) is 3.16. The van der Waals surface area contributed by atoms with Crippen LogP contribution in [0, 0.1) is 11.8 Å². The van der Waals surface area contributed by atoms with Gasteiger partial charge < -0.3 is 14.2 Å². The quantitative estimate of drug-likeness (QED) is 0.0347. The van der Waals surface area contributed by atoms with Crippen LogP contribution in [0.2, 0.25) is 0 Å². The second kappa shape index (κ2) is 43.0. The second-order valence-electron chi connectivity index (χ2n) is 18.1. The summed E-state index contributed by atoms with van der Waals surface area (Å²) in [5.41, 5.74) is 0. The van der Waals surface area contributed by atoms with Crippen molar-refractivity contribution in [3.05, 3.63) is 0 Å². The Morgan fingerprint density at radius 2 is 0.589 bits per heavy atom. The molecule has 0 radical (unpaired) electrons. The number of hydrogen-bond acceptors (Lipinski definition) is 6. The van der Waals surface area contributed by atoms with Gasteiger partial charge in [-0.1, -0.05) is 234 Å². The van der Waals surface area contributed by atoms with Crippen molar-refractivity contribution in [1.82, 2.24) is 0 Å². The molecule has 1 atom stereocenters. The fourth-order valence-electron chi connectivity index (χ4n) is 7.46. The molecule has 0 aliphatic rings. The molecule has 0 rings (SSSR count). The smallest absolute Gasteiger partial charge is 0.306 e. The van der Waals surface area contributed by atoms with Crippen LogP contribution < -0.4 is 0 Å². The number of esters is 3. The van der Waals surface area contributed by atoms with Gasteiger partial charge in [-0.3, -0.25) is 14.4 Å². The van der Waals surface area contributed by atoms with Crippen LogP contribution in [-0.2, 0) is 28.6 Å². The number of rotatable bonds is 44. The minimum atomic E-state index is -0.761. The van der Waals surface area contributed by atoms with Gasteiger partial charge in [0.15, 0.2) is 6.10 Å². The van der Waals surface area contributed by atoms with Gasteiger partial charge in [0, 0.05) is 19.3 Å². The Morgan fingerprint density at radius 1 is 0.339 bits per heavy atom. The lowest BCUT2D eigenvalue weighted by Gasteiger charge is -2.18. The summed E-state index contributed by atoms with van der Waals surface area (Å²) in [5.74, 6) is 0.780. The van der Waals surface area contributed by atoms with Crippen LogP contribution in [0.5, 0.6) is 0 Å². The summed E-state index contributed by atoms with van der Waals surface area (Å²) in [6.45, 7) is 11.3. The molecule has 0 aromatic heterocycles. The maximum atomic E-state index is 12.7. The molecule has 6 heteroatoms. The fourth-order valence-corrected chi connectivity index (χ4v) is 7.46. The van der Waals surface area contributed by atoms with Crippen LogP contribution in [0.1, 0.15) is 272 Å². The Bertz CT molecular complexity index is 854. The van der Waals surface area contributed by atoms with Gasteiger partial charge in [-0.05, 0) is 31.1 Å². The Balaban J connectivity index is 4.32. The zero-order valence-corrected chi connectivity index (χ0v) is 38.3. The zero-order valence-electron chi connectivity index (χ0n) is 38.3. The Labute approximate surface area is 348 Å². The lowest BCUT2D eigenvalue weighted by Crippen LogP contribution is -2.30. The third kappa shape index (κ3) is 43.5. The Hall–Kier alpha value is -1.59. The maximum absolute atomic E-state index is 12.7. The third-order valence-electron chi connectivity index (χ3n) is 11.2. The van der Waals surface area contributed by atoms with Gasteiger partial charge in [0.25, 0.3) is 0 Å². The molecule has 332 valence electrons. The summed E-state index contributed by atoms with van der Waals surface area (Å²) < 4.78 is 16.8. The molecule has 0 aliphatic carbocycles. The topological polar surface area (TPSA) is 78.9 Å². The molecule has 56 heavy (non-hydrogen) atoms. The SMILES string of the molecule is CCCCCCCCCCCCCCC(=O)OC[C@@H](COC(=O)CCCCCCCCCCCCCC(C)C)OC(=O)CCCCCCCCCCCC(C)C. The molecule has 0 aromatic carbocycles. The third-order valence-corrected chi connectivity index (χ3v) is 11.2. The first kappa shape index (κ1) is 54.4. The predicted molar refractivity (Wildman–Crippen MR) is 238 cm³/mol.